The summed E-state index contributed by atoms with van der Waals surface area (Å²) in [5.74, 6) is 0. The summed E-state index contributed by atoms with van der Waals surface area (Å²) in [7, 11) is 8.64. The Labute approximate surface area is 82.3 Å². The van der Waals surface area contributed by atoms with E-state index in [-0.39, 0.29) is 0 Å². The first kappa shape index (κ1) is 11.0. The van der Waals surface area contributed by atoms with E-state index >= 15 is 0 Å². The maximum Gasteiger partial charge on any atom is 0.0229 e. The Morgan fingerprint density at radius 1 is 1.23 bits per heavy atom. The quantitative estimate of drug-likeness (QED) is 0.619. The van der Waals surface area contributed by atoms with Gasteiger partial charge < -0.3 is 14.7 Å². The molecule has 0 amide bonds. The van der Waals surface area contributed by atoms with E-state index in [0.29, 0.717) is 0 Å². The fourth-order valence-electron chi connectivity index (χ4n) is 1.78. The standard InChI is InChI=1S/C10H23N3/c1-11(2)7-8-13-6-5-10(9-13)12(3)4/h10H,5-9H2,1-4H3/t10-/m1/s1. The third-order valence-electron chi connectivity index (χ3n) is 2.84. The second kappa shape index (κ2) is 4.94. The Balaban J connectivity index is 2.17. The van der Waals surface area contributed by atoms with Gasteiger partial charge in [0.2, 0.25) is 0 Å². The van der Waals surface area contributed by atoms with Gasteiger partial charge >= 0.3 is 0 Å². The highest BCUT2D eigenvalue weighted by Gasteiger charge is 2.23. The minimum Gasteiger partial charge on any atom is -0.308 e. The highest BCUT2D eigenvalue weighted by atomic mass is 15.2. The van der Waals surface area contributed by atoms with Crippen LogP contribution in [0.5, 0.6) is 0 Å². The molecule has 1 rings (SSSR count). The Morgan fingerprint density at radius 2 is 1.92 bits per heavy atom. The van der Waals surface area contributed by atoms with E-state index in [4.69, 9.17) is 0 Å². The molecule has 0 unspecified atom stereocenters. The second-order valence-corrected chi connectivity index (χ2v) is 4.51. The van der Waals surface area contributed by atoms with Crippen molar-refractivity contribution in [3.05, 3.63) is 0 Å². The van der Waals surface area contributed by atoms with Gasteiger partial charge in [-0.15, -0.1) is 0 Å². The SMILES string of the molecule is CN(C)CCN1CC[C@@H](N(C)C)C1. The van der Waals surface area contributed by atoms with Crippen molar-refractivity contribution in [2.45, 2.75) is 12.5 Å². The van der Waals surface area contributed by atoms with Gasteiger partial charge in [-0.05, 0) is 41.2 Å². The molecule has 78 valence electrons. The molecule has 1 aliphatic heterocycles. The average molecular weight is 185 g/mol. The van der Waals surface area contributed by atoms with Crippen LogP contribution in [0.2, 0.25) is 0 Å². The minimum atomic E-state index is 0.780. The first-order chi connectivity index (χ1) is 6.09. The average Bonchev–Trinajstić information content (AvgIpc) is 2.48. The monoisotopic (exact) mass is 185 g/mol. The van der Waals surface area contributed by atoms with Crippen LogP contribution >= 0.6 is 0 Å². The van der Waals surface area contributed by atoms with E-state index < -0.39 is 0 Å². The summed E-state index contributed by atoms with van der Waals surface area (Å²) in [5, 5.41) is 0. The lowest BCUT2D eigenvalue weighted by Gasteiger charge is -2.21. The molecule has 0 aromatic heterocycles. The summed E-state index contributed by atoms with van der Waals surface area (Å²) < 4.78 is 0. The van der Waals surface area contributed by atoms with E-state index in [1.165, 1.54) is 32.6 Å². The second-order valence-electron chi connectivity index (χ2n) is 4.51. The largest absolute Gasteiger partial charge is 0.308 e. The molecule has 0 aromatic carbocycles. The molecule has 0 radical (unpaired) electrons. The van der Waals surface area contributed by atoms with Crippen molar-refractivity contribution < 1.29 is 0 Å². The Kier molecular flexibility index (Phi) is 4.16. The molecule has 1 fully saturated rings. The normalized spacial score (nSPS) is 24.9. The molecule has 1 aliphatic rings. The molecule has 3 nitrogen and oxygen atoms in total. The van der Waals surface area contributed by atoms with Crippen LogP contribution in [0.3, 0.4) is 0 Å². The van der Waals surface area contributed by atoms with Crippen LogP contribution in [-0.2, 0) is 0 Å². The van der Waals surface area contributed by atoms with Crippen molar-refractivity contribution in [3.63, 3.8) is 0 Å². The van der Waals surface area contributed by atoms with Gasteiger partial charge in [-0.25, -0.2) is 0 Å². The summed E-state index contributed by atoms with van der Waals surface area (Å²) in [5.41, 5.74) is 0. The first-order valence-electron chi connectivity index (χ1n) is 5.13. The molecule has 1 heterocycles. The van der Waals surface area contributed by atoms with Crippen molar-refractivity contribution >= 4 is 0 Å². The van der Waals surface area contributed by atoms with Crippen molar-refractivity contribution in [2.75, 3.05) is 54.4 Å². The fourth-order valence-corrected chi connectivity index (χ4v) is 1.78. The van der Waals surface area contributed by atoms with Crippen LogP contribution in [0, 0.1) is 0 Å². The maximum absolute atomic E-state index is 2.56. The van der Waals surface area contributed by atoms with E-state index in [0.717, 1.165) is 6.04 Å². The molecule has 0 bridgehead atoms. The zero-order valence-corrected chi connectivity index (χ0v) is 9.45. The summed E-state index contributed by atoms with van der Waals surface area (Å²) >= 11 is 0. The van der Waals surface area contributed by atoms with Crippen molar-refractivity contribution in [2.24, 2.45) is 0 Å². The van der Waals surface area contributed by atoms with Gasteiger partial charge in [-0.3, -0.25) is 0 Å². The number of nitrogens with zero attached hydrogens (tertiary/aromatic N) is 3. The Bertz CT molecular complexity index is 145. The van der Waals surface area contributed by atoms with Crippen LogP contribution in [0.15, 0.2) is 0 Å². The lowest BCUT2D eigenvalue weighted by atomic mass is 10.2. The van der Waals surface area contributed by atoms with Crippen LogP contribution in [0.4, 0.5) is 0 Å². The van der Waals surface area contributed by atoms with Crippen LogP contribution in [-0.4, -0.2) is 75.1 Å². The van der Waals surface area contributed by atoms with Crippen LogP contribution < -0.4 is 0 Å². The lowest BCUT2D eigenvalue weighted by molar-refractivity contribution is 0.249. The summed E-state index contributed by atoms with van der Waals surface area (Å²) in [4.78, 5) is 7.16. The smallest absolute Gasteiger partial charge is 0.0229 e. The zero-order chi connectivity index (χ0) is 9.84. The molecule has 0 spiro atoms. The summed E-state index contributed by atoms with van der Waals surface area (Å²) in [6, 6.07) is 0.780. The third kappa shape index (κ3) is 3.63. The molecule has 0 N–H and O–H groups in total. The Hall–Kier alpha value is -0.120. The first-order valence-corrected chi connectivity index (χ1v) is 5.13. The number of hydrogen-bond donors (Lipinski definition) is 0. The number of likely N-dealkylation sites (N-methyl/N-ethyl adjacent to an activating group) is 2. The topological polar surface area (TPSA) is 9.72 Å². The fraction of sp³-hybridized carbons (Fsp3) is 1.00. The molecular formula is C10H23N3. The van der Waals surface area contributed by atoms with E-state index in [1.54, 1.807) is 0 Å². The molecule has 13 heavy (non-hydrogen) atoms. The Morgan fingerprint density at radius 3 is 2.38 bits per heavy atom. The predicted octanol–water partition coefficient (Wildman–Crippen LogP) is 0.184. The molecule has 1 saturated heterocycles. The number of likely N-dealkylation sites (tertiary alicyclic amines) is 1. The van der Waals surface area contributed by atoms with Gasteiger partial charge in [0.25, 0.3) is 0 Å². The molecular weight excluding hydrogens is 162 g/mol. The highest BCUT2D eigenvalue weighted by molar-refractivity contribution is 4.80. The van der Waals surface area contributed by atoms with Crippen molar-refractivity contribution in [1.82, 2.24) is 14.7 Å². The van der Waals surface area contributed by atoms with Crippen molar-refractivity contribution in [1.29, 1.82) is 0 Å². The predicted molar refractivity (Wildman–Crippen MR) is 57.1 cm³/mol. The van der Waals surface area contributed by atoms with Crippen molar-refractivity contribution in [3.8, 4) is 0 Å². The van der Waals surface area contributed by atoms with Gasteiger partial charge in [0.15, 0.2) is 0 Å². The third-order valence-corrected chi connectivity index (χ3v) is 2.84. The minimum absolute atomic E-state index is 0.780. The van der Waals surface area contributed by atoms with E-state index in [9.17, 15) is 0 Å². The number of rotatable bonds is 4. The summed E-state index contributed by atoms with van der Waals surface area (Å²) in [6.45, 7) is 4.93. The zero-order valence-electron chi connectivity index (χ0n) is 9.45. The van der Waals surface area contributed by atoms with E-state index in [2.05, 4.69) is 42.9 Å². The molecule has 1 atom stereocenters. The van der Waals surface area contributed by atoms with Crippen LogP contribution in [0.1, 0.15) is 6.42 Å². The van der Waals surface area contributed by atoms with Gasteiger partial charge in [0, 0.05) is 25.7 Å². The van der Waals surface area contributed by atoms with Gasteiger partial charge in [0.1, 0.15) is 0 Å². The lowest BCUT2D eigenvalue weighted by Crippen LogP contribution is -2.34. The van der Waals surface area contributed by atoms with E-state index in [1.807, 2.05) is 0 Å². The molecule has 0 aromatic rings. The number of hydrogen-bond acceptors (Lipinski definition) is 3. The summed E-state index contributed by atoms with van der Waals surface area (Å²) in [6.07, 6.45) is 1.33. The highest BCUT2D eigenvalue weighted by Crippen LogP contribution is 2.12. The van der Waals surface area contributed by atoms with Gasteiger partial charge in [-0.2, -0.15) is 0 Å². The van der Waals surface area contributed by atoms with Gasteiger partial charge in [0.05, 0.1) is 0 Å². The van der Waals surface area contributed by atoms with Gasteiger partial charge in [-0.1, -0.05) is 0 Å². The molecule has 0 aliphatic carbocycles. The maximum atomic E-state index is 2.56. The molecule has 3 heteroatoms. The molecule has 0 saturated carbocycles. The van der Waals surface area contributed by atoms with Crippen LogP contribution in [0.25, 0.3) is 0 Å².